The molecule has 106 valence electrons. The first-order chi connectivity index (χ1) is 9.74. The Kier molecular flexibility index (Phi) is 4.75. The Morgan fingerprint density at radius 3 is 2.60 bits per heavy atom. The van der Waals surface area contributed by atoms with E-state index in [4.69, 9.17) is 10.00 Å². The van der Waals surface area contributed by atoms with Crippen molar-refractivity contribution in [1.82, 2.24) is 4.90 Å². The molecule has 2 rings (SSSR count). The molecule has 0 radical (unpaired) electrons. The van der Waals surface area contributed by atoms with Crippen LogP contribution in [0.15, 0.2) is 30.3 Å². The molecule has 0 atom stereocenters. The second-order valence-corrected chi connectivity index (χ2v) is 5.14. The summed E-state index contributed by atoms with van der Waals surface area (Å²) in [6, 6.07) is 12.0. The first kappa shape index (κ1) is 14.5. The van der Waals surface area contributed by atoms with E-state index in [1.165, 1.54) is 0 Å². The summed E-state index contributed by atoms with van der Waals surface area (Å²) in [5.41, 5.74) is 0.731. The Morgan fingerprint density at radius 2 is 2.05 bits per heavy atom. The quantitative estimate of drug-likeness (QED) is 0.764. The Balaban J connectivity index is 2.12. The standard InChI is InChI=1S/C16H20N2O2/c1-20-13-12-18(11-5-10-17)15(19)16(8-9-16)14-6-3-2-4-7-14/h2-4,6-7H,5,8-9,11-13H2,1H3. The van der Waals surface area contributed by atoms with Crippen molar-refractivity contribution in [2.75, 3.05) is 26.8 Å². The summed E-state index contributed by atoms with van der Waals surface area (Å²) in [5.74, 6) is 0.135. The smallest absolute Gasteiger partial charge is 0.233 e. The molecule has 0 spiro atoms. The van der Waals surface area contributed by atoms with Gasteiger partial charge in [0.2, 0.25) is 5.91 Å². The molecule has 0 saturated heterocycles. The molecule has 0 unspecified atom stereocenters. The maximum Gasteiger partial charge on any atom is 0.233 e. The van der Waals surface area contributed by atoms with Gasteiger partial charge in [0.1, 0.15) is 0 Å². The van der Waals surface area contributed by atoms with Gasteiger partial charge in [-0.1, -0.05) is 30.3 Å². The molecule has 0 N–H and O–H groups in total. The molecular weight excluding hydrogens is 252 g/mol. The molecule has 4 heteroatoms. The van der Waals surface area contributed by atoms with Gasteiger partial charge in [0.05, 0.1) is 24.5 Å². The largest absolute Gasteiger partial charge is 0.383 e. The fourth-order valence-electron chi connectivity index (χ4n) is 2.51. The third-order valence-electron chi connectivity index (χ3n) is 3.83. The van der Waals surface area contributed by atoms with Gasteiger partial charge in [-0.25, -0.2) is 0 Å². The zero-order valence-electron chi connectivity index (χ0n) is 11.8. The highest BCUT2D eigenvalue weighted by atomic mass is 16.5. The van der Waals surface area contributed by atoms with E-state index in [9.17, 15) is 4.79 Å². The van der Waals surface area contributed by atoms with Crippen LogP contribution in [-0.2, 0) is 14.9 Å². The van der Waals surface area contributed by atoms with Crippen LogP contribution in [0.25, 0.3) is 0 Å². The van der Waals surface area contributed by atoms with Crippen molar-refractivity contribution in [3.8, 4) is 6.07 Å². The second kappa shape index (κ2) is 6.53. The minimum absolute atomic E-state index is 0.135. The normalized spacial score (nSPS) is 15.4. The third-order valence-corrected chi connectivity index (χ3v) is 3.83. The number of carbonyl (C=O) groups excluding carboxylic acids is 1. The molecule has 1 fully saturated rings. The summed E-state index contributed by atoms with van der Waals surface area (Å²) in [7, 11) is 1.62. The van der Waals surface area contributed by atoms with Crippen LogP contribution >= 0.6 is 0 Å². The van der Waals surface area contributed by atoms with Crippen molar-refractivity contribution in [2.24, 2.45) is 0 Å². The van der Waals surface area contributed by atoms with Crippen LogP contribution in [0.2, 0.25) is 0 Å². The van der Waals surface area contributed by atoms with Crippen LogP contribution in [0.3, 0.4) is 0 Å². The van der Waals surface area contributed by atoms with Crippen LogP contribution < -0.4 is 0 Å². The van der Waals surface area contributed by atoms with Crippen LogP contribution in [-0.4, -0.2) is 37.6 Å². The van der Waals surface area contributed by atoms with Gasteiger partial charge < -0.3 is 9.64 Å². The summed E-state index contributed by atoms with van der Waals surface area (Å²) in [5, 5.41) is 8.74. The molecule has 1 amide bonds. The SMILES string of the molecule is COCCN(CCC#N)C(=O)C1(c2ccccc2)CC1. The number of nitriles is 1. The van der Waals surface area contributed by atoms with Crippen LogP contribution in [0, 0.1) is 11.3 Å². The molecule has 0 aliphatic heterocycles. The molecule has 1 aliphatic rings. The van der Waals surface area contributed by atoms with E-state index in [0.717, 1.165) is 18.4 Å². The zero-order chi connectivity index (χ0) is 14.4. The van der Waals surface area contributed by atoms with Gasteiger partial charge in [-0.05, 0) is 18.4 Å². The molecule has 0 heterocycles. The van der Waals surface area contributed by atoms with Crippen molar-refractivity contribution >= 4 is 5.91 Å². The summed E-state index contributed by atoms with van der Waals surface area (Å²) >= 11 is 0. The first-order valence-electron chi connectivity index (χ1n) is 6.95. The van der Waals surface area contributed by atoms with E-state index >= 15 is 0 Å². The van der Waals surface area contributed by atoms with Gasteiger partial charge in [0.25, 0.3) is 0 Å². The highest BCUT2D eigenvalue weighted by molar-refractivity contribution is 5.91. The molecule has 1 aromatic carbocycles. The van der Waals surface area contributed by atoms with Crippen molar-refractivity contribution < 1.29 is 9.53 Å². The van der Waals surface area contributed by atoms with Gasteiger partial charge in [-0.2, -0.15) is 5.26 Å². The van der Waals surface area contributed by atoms with Gasteiger partial charge in [-0.15, -0.1) is 0 Å². The van der Waals surface area contributed by atoms with Crippen LogP contribution in [0.4, 0.5) is 0 Å². The molecule has 4 nitrogen and oxygen atoms in total. The van der Waals surface area contributed by atoms with Crippen molar-refractivity contribution in [3.05, 3.63) is 35.9 Å². The number of nitrogens with zero attached hydrogens (tertiary/aromatic N) is 2. The van der Waals surface area contributed by atoms with Crippen molar-refractivity contribution in [1.29, 1.82) is 5.26 Å². The summed E-state index contributed by atoms with van der Waals surface area (Å²) < 4.78 is 5.06. The van der Waals surface area contributed by atoms with Crippen molar-refractivity contribution in [2.45, 2.75) is 24.7 Å². The lowest BCUT2D eigenvalue weighted by atomic mass is 9.94. The highest BCUT2D eigenvalue weighted by Gasteiger charge is 2.52. The number of ether oxygens (including phenoxy) is 1. The van der Waals surface area contributed by atoms with E-state index in [2.05, 4.69) is 6.07 Å². The number of benzene rings is 1. The maximum absolute atomic E-state index is 12.8. The molecular formula is C16H20N2O2. The fraction of sp³-hybridized carbons (Fsp3) is 0.500. The molecule has 1 aromatic rings. The average molecular weight is 272 g/mol. The van der Waals surface area contributed by atoms with Gasteiger partial charge in [0, 0.05) is 20.2 Å². The van der Waals surface area contributed by atoms with E-state index in [0.29, 0.717) is 26.1 Å². The number of rotatable bonds is 7. The monoisotopic (exact) mass is 272 g/mol. The van der Waals surface area contributed by atoms with Crippen LogP contribution in [0.1, 0.15) is 24.8 Å². The zero-order valence-corrected chi connectivity index (χ0v) is 11.8. The Labute approximate surface area is 120 Å². The predicted octanol–water partition coefficient (Wildman–Crippen LogP) is 2.11. The maximum atomic E-state index is 12.8. The van der Waals surface area contributed by atoms with E-state index < -0.39 is 0 Å². The molecule has 1 saturated carbocycles. The minimum Gasteiger partial charge on any atom is -0.383 e. The number of carbonyl (C=O) groups is 1. The van der Waals surface area contributed by atoms with E-state index in [1.54, 1.807) is 12.0 Å². The molecule has 20 heavy (non-hydrogen) atoms. The average Bonchev–Trinajstić information content (AvgIpc) is 3.29. The predicted molar refractivity (Wildman–Crippen MR) is 76.0 cm³/mol. The summed E-state index contributed by atoms with van der Waals surface area (Å²) in [6.45, 7) is 1.53. The first-order valence-corrected chi connectivity index (χ1v) is 6.95. The Morgan fingerprint density at radius 1 is 1.35 bits per heavy atom. The molecule has 0 aromatic heterocycles. The topological polar surface area (TPSA) is 53.3 Å². The van der Waals surface area contributed by atoms with Gasteiger partial charge >= 0.3 is 0 Å². The van der Waals surface area contributed by atoms with E-state index in [-0.39, 0.29) is 11.3 Å². The summed E-state index contributed by atoms with van der Waals surface area (Å²) in [6.07, 6.45) is 2.15. The Hall–Kier alpha value is -1.86. The lowest BCUT2D eigenvalue weighted by Crippen LogP contribution is -2.41. The van der Waals surface area contributed by atoms with E-state index in [1.807, 2.05) is 30.3 Å². The second-order valence-electron chi connectivity index (χ2n) is 5.14. The van der Waals surface area contributed by atoms with Crippen LogP contribution in [0.5, 0.6) is 0 Å². The molecule has 0 bridgehead atoms. The minimum atomic E-state index is -0.357. The van der Waals surface area contributed by atoms with Gasteiger partial charge in [0.15, 0.2) is 0 Å². The lowest BCUT2D eigenvalue weighted by Gasteiger charge is -2.26. The number of amides is 1. The van der Waals surface area contributed by atoms with Crippen molar-refractivity contribution in [3.63, 3.8) is 0 Å². The number of hydrogen-bond acceptors (Lipinski definition) is 3. The summed E-state index contributed by atoms with van der Waals surface area (Å²) in [4.78, 5) is 14.6. The number of hydrogen-bond donors (Lipinski definition) is 0. The molecule has 1 aliphatic carbocycles. The number of methoxy groups -OCH3 is 1. The third kappa shape index (κ3) is 3.00. The Bertz CT molecular complexity index is 489. The fourth-order valence-corrected chi connectivity index (χ4v) is 2.51. The lowest BCUT2D eigenvalue weighted by molar-refractivity contribution is -0.134. The highest BCUT2D eigenvalue weighted by Crippen LogP contribution is 2.49. The van der Waals surface area contributed by atoms with Gasteiger partial charge in [-0.3, -0.25) is 4.79 Å².